The molecule has 2 aromatic rings. The van der Waals surface area contributed by atoms with Crippen molar-refractivity contribution in [1.29, 1.82) is 0 Å². The fourth-order valence-electron chi connectivity index (χ4n) is 3.78. The van der Waals surface area contributed by atoms with Crippen molar-refractivity contribution < 1.29 is 31.8 Å². The average molecular weight is 445 g/mol. The first-order chi connectivity index (χ1) is 13.7. The van der Waals surface area contributed by atoms with E-state index in [0.717, 1.165) is 18.2 Å². The Bertz CT molecular complexity index is 1000. The number of hydrogen-bond acceptors (Lipinski definition) is 4. The third-order valence-corrected chi connectivity index (χ3v) is 8.04. The van der Waals surface area contributed by atoms with E-state index in [1.54, 1.807) is 0 Å². The molecule has 1 N–H and O–H groups in total. The van der Waals surface area contributed by atoms with Gasteiger partial charge in [0.05, 0.1) is 11.0 Å². The summed E-state index contributed by atoms with van der Waals surface area (Å²) in [6.07, 6.45) is -0.173. The van der Waals surface area contributed by atoms with Crippen LogP contribution in [-0.4, -0.2) is 32.2 Å². The number of carboxylic acids is 1. The minimum atomic E-state index is -4.12. The molecule has 29 heavy (non-hydrogen) atoms. The summed E-state index contributed by atoms with van der Waals surface area (Å²) in [7, 11) is -4.12. The van der Waals surface area contributed by atoms with Crippen LogP contribution in [0.25, 0.3) is 0 Å². The van der Waals surface area contributed by atoms with Crippen LogP contribution in [0.3, 0.4) is 0 Å². The number of rotatable bonds is 6. The Morgan fingerprint density at radius 2 is 1.76 bits per heavy atom. The lowest BCUT2D eigenvalue weighted by Gasteiger charge is -2.40. The lowest BCUT2D eigenvalue weighted by molar-refractivity contribution is -0.145. The summed E-state index contributed by atoms with van der Waals surface area (Å²) >= 11 is 5.86. The van der Waals surface area contributed by atoms with E-state index >= 15 is 0 Å². The first-order valence-corrected chi connectivity index (χ1v) is 10.8. The zero-order valence-corrected chi connectivity index (χ0v) is 16.8. The molecule has 0 aliphatic heterocycles. The van der Waals surface area contributed by atoms with Gasteiger partial charge in [0.15, 0.2) is 9.84 Å². The van der Waals surface area contributed by atoms with Gasteiger partial charge in [-0.1, -0.05) is 11.6 Å². The predicted molar refractivity (Wildman–Crippen MR) is 103 cm³/mol. The molecule has 1 fully saturated rings. The number of halogens is 3. The molecule has 0 spiro atoms. The smallest absolute Gasteiger partial charge is 0.329 e. The third-order valence-electron chi connectivity index (χ3n) is 5.24. The summed E-state index contributed by atoms with van der Waals surface area (Å²) in [6, 6.07) is 8.28. The normalized spacial score (nSPS) is 22.4. The first-order valence-electron chi connectivity index (χ1n) is 8.95. The number of ether oxygens (including phenoxy) is 1. The van der Waals surface area contributed by atoms with E-state index in [4.69, 9.17) is 21.4 Å². The van der Waals surface area contributed by atoms with Gasteiger partial charge in [0.1, 0.15) is 23.0 Å². The highest BCUT2D eigenvalue weighted by atomic mass is 35.5. The quantitative estimate of drug-likeness (QED) is 0.717. The summed E-state index contributed by atoms with van der Waals surface area (Å²) in [6.45, 7) is -0.504. The van der Waals surface area contributed by atoms with Gasteiger partial charge in [0.2, 0.25) is 0 Å². The van der Waals surface area contributed by atoms with E-state index in [9.17, 15) is 22.0 Å². The molecule has 2 aromatic carbocycles. The van der Waals surface area contributed by atoms with Crippen molar-refractivity contribution in [3.05, 3.63) is 64.7 Å². The molecule has 3 rings (SSSR count). The van der Waals surface area contributed by atoms with E-state index < -0.39 is 44.9 Å². The molecule has 0 atom stereocenters. The molecule has 156 valence electrons. The van der Waals surface area contributed by atoms with Gasteiger partial charge in [-0.15, -0.1) is 0 Å². The van der Waals surface area contributed by atoms with Crippen molar-refractivity contribution in [1.82, 2.24) is 0 Å². The molecule has 1 aliphatic carbocycles. The summed E-state index contributed by atoms with van der Waals surface area (Å²) in [5.74, 6) is -2.68. The van der Waals surface area contributed by atoms with Gasteiger partial charge < -0.3 is 9.84 Å². The first kappa shape index (κ1) is 21.7. The number of aliphatic carboxylic acids is 1. The standard InChI is InChI=1S/C20H19ClF2O5S/c21-13-1-4-16(5-2-13)29(26,27)20(17-11-14(22)3-6-18(17)23)9-7-15(8-10-20)28-12-19(24)25/h1-6,11,15H,7-10,12H2,(H,24,25). The Labute approximate surface area is 172 Å². The number of carbonyl (C=O) groups is 1. The number of hydrogen-bond donors (Lipinski definition) is 1. The van der Waals surface area contributed by atoms with Gasteiger partial charge in [-0.3, -0.25) is 0 Å². The van der Waals surface area contributed by atoms with E-state index in [-0.39, 0.29) is 36.1 Å². The van der Waals surface area contributed by atoms with Crippen molar-refractivity contribution >= 4 is 27.4 Å². The van der Waals surface area contributed by atoms with E-state index in [2.05, 4.69) is 0 Å². The summed E-state index contributed by atoms with van der Waals surface area (Å²) in [5, 5.41) is 9.12. The third kappa shape index (κ3) is 4.29. The lowest BCUT2D eigenvalue weighted by Crippen LogP contribution is -2.42. The molecule has 0 saturated heterocycles. The zero-order valence-electron chi connectivity index (χ0n) is 15.3. The average Bonchev–Trinajstić information content (AvgIpc) is 2.69. The van der Waals surface area contributed by atoms with Crippen molar-refractivity contribution in [2.45, 2.75) is 41.4 Å². The van der Waals surface area contributed by atoms with Crippen LogP contribution in [-0.2, 0) is 24.1 Å². The second-order valence-electron chi connectivity index (χ2n) is 6.98. The highest BCUT2D eigenvalue weighted by molar-refractivity contribution is 7.92. The number of benzene rings is 2. The lowest BCUT2D eigenvalue weighted by atomic mass is 9.81. The topological polar surface area (TPSA) is 80.7 Å². The van der Waals surface area contributed by atoms with Crippen LogP contribution in [0.2, 0.25) is 5.02 Å². The van der Waals surface area contributed by atoms with Crippen molar-refractivity contribution in [2.75, 3.05) is 6.61 Å². The van der Waals surface area contributed by atoms with Gasteiger partial charge in [-0.05, 0) is 68.1 Å². The molecule has 1 saturated carbocycles. The van der Waals surface area contributed by atoms with Crippen LogP contribution in [0.15, 0.2) is 47.4 Å². The van der Waals surface area contributed by atoms with Gasteiger partial charge in [-0.25, -0.2) is 22.0 Å². The molecule has 5 nitrogen and oxygen atoms in total. The maximum Gasteiger partial charge on any atom is 0.329 e. The zero-order chi connectivity index (χ0) is 21.2. The summed E-state index contributed by atoms with van der Waals surface area (Å²) in [4.78, 5) is 10.7. The minimum absolute atomic E-state index is 0.0391. The van der Waals surface area contributed by atoms with E-state index in [1.165, 1.54) is 24.3 Å². The largest absolute Gasteiger partial charge is 0.480 e. The molecule has 1 aliphatic rings. The second kappa shape index (κ2) is 8.38. The monoisotopic (exact) mass is 444 g/mol. The Morgan fingerprint density at radius 3 is 2.34 bits per heavy atom. The van der Waals surface area contributed by atoms with Crippen LogP contribution in [0.1, 0.15) is 31.2 Å². The highest BCUT2D eigenvalue weighted by Crippen LogP contribution is 2.48. The van der Waals surface area contributed by atoms with Gasteiger partial charge in [0.25, 0.3) is 0 Å². The van der Waals surface area contributed by atoms with Gasteiger partial charge in [-0.2, -0.15) is 0 Å². The highest BCUT2D eigenvalue weighted by Gasteiger charge is 2.50. The summed E-state index contributed by atoms with van der Waals surface area (Å²) in [5.41, 5.74) is -0.232. The van der Waals surface area contributed by atoms with E-state index in [0.29, 0.717) is 5.02 Å². The number of carboxylic acid groups (broad SMARTS) is 1. The second-order valence-corrected chi connectivity index (χ2v) is 9.68. The van der Waals surface area contributed by atoms with Crippen molar-refractivity contribution in [2.24, 2.45) is 0 Å². The number of sulfone groups is 1. The van der Waals surface area contributed by atoms with E-state index in [1.807, 2.05) is 0 Å². The molecule has 0 heterocycles. The Hall–Kier alpha value is -2.03. The molecule has 0 amide bonds. The summed E-state index contributed by atoms with van der Waals surface area (Å²) < 4.78 is 59.4. The fraction of sp³-hybridized carbons (Fsp3) is 0.350. The molecular weight excluding hydrogens is 426 g/mol. The minimum Gasteiger partial charge on any atom is -0.480 e. The van der Waals surface area contributed by atoms with Gasteiger partial charge in [0, 0.05) is 10.6 Å². The molecule has 9 heteroatoms. The van der Waals surface area contributed by atoms with Crippen molar-refractivity contribution in [3.8, 4) is 0 Å². The molecule has 0 unspecified atom stereocenters. The predicted octanol–water partition coefficient (Wildman–Crippen LogP) is 4.33. The Kier molecular flexibility index (Phi) is 6.26. The maximum absolute atomic E-state index is 14.7. The maximum atomic E-state index is 14.7. The van der Waals surface area contributed by atoms with Gasteiger partial charge >= 0.3 is 5.97 Å². The van der Waals surface area contributed by atoms with Crippen molar-refractivity contribution in [3.63, 3.8) is 0 Å². The Balaban J connectivity index is 2.05. The van der Waals surface area contributed by atoms with Crippen LogP contribution in [0, 0.1) is 11.6 Å². The Morgan fingerprint density at radius 1 is 1.14 bits per heavy atom. The van der Waals surface area contributed by atoms with Crippen LogP contribution in [0.5, 0.6) is 0 Å². The molecule has 0 radical (unpaired) electrons. The molecule has 0 bridgehead atoms. The van der Waals surface area contributed by atoms with Crippen LogP contribution >= 0.6 is 11.6 Å². The fourth-order valence-corrected chi connectivity index (χ4v) is 6.07. The van der Waals surface area contributed by atoms with Crippen LogP contribution in [0.4, 0.5) is 8.78 Å². The molecule has 0 aromatic heterocycles. The SMILES string of the molecule is O=C(O)COC1CCC(c2cc(F)ccc2F)(S(=O)(=O)c2ccc(Cl)cc2)CC1. The molecular formula is C20H19ClF2O5S. The van der Waals surface area contributed by atoms with Crippen LogP contribution < -0.4 is 0 Å².